The summed E-state index contributed by atoms with van der Waals surface area (Å²) in [5.74, 6) is 2.52. The molecule has 2 heterocycles. The third kappa shape index (κ3) is 7.11. The van der Waals surface area contributed by atoms with Crippen LogP contribution in [0.4, 0.5) is 0 Å². The Balaban J connectivity index is 0.00000288. The first kappa shape index (κ1) is 20.8. The van der Waals surface area contributed by atoms with Crippen molar-refractivity contribution in [2.45, 2.75) is 32.6 Å². The second kappa shape index (κ2) is 11.3. The van der Waals surface area contributed by atoms with Crippen molar-refractivity contribution >= 4 is 35.8 Å². The number of carbonyl (C=O) groups excluding carboxylic acids is 1. The Labute approximate surface area is 161 Å². The summed E-state index contributed by atoms with van der Waals surface area (Å²) in [7, 11) is 1.73. The van der Waals surface area contributed by atoms with Crippen LogP contribution >= 0.6 is 24.0 Å². The first-order valence-electron chi connectivity index (χ1n) is 8.43. The highest BCUT2D eigenvalue weighted by molar-refractivity contribution is 14.0. The molecule has 0 radical (unpaired) electrons. The molecule has 0 aliphatic carbocycles. The third-order valence-electron chi connectivity index (χ3n) is 4.11. The van der Waals surface area contributed by atoms with Crippen LogP contribution in [0.5, 0.6) is 0 Å². The van der Waals surface area contributed by atoms with Gasteiger partial charge in [0, 0.05) is 46.1 Å². The molecule has 1 aromatic heterocycles. The highest BCUT2D eigenvalue weighted by Gasteiger charge is 2.20. The number of nitrogens with one attached hydrogen (secondary N) is 2. The van der Waals surface area contributed by atoms with Crippen molar-refractivity contribution in [3.8, 4) is 0 Å². The van der Waals surface area contributed by atoms with E-state index < -0.39 is 0 Å². The maximum atomic E-state index is 12.2. The largest absolute Gasteiger partial charge is 0.469 e. The van der Waals surface area contributed by atoms with Gasteiger partial charge in [-0.25, -0.2) is 0 Å². The van der Waals surface area contributed by atoms with Gasteiger partial charge in [0.1, 0.15) is 5.76 Å². The molecule has 1 fully saturated rings. The summed E-state index contributed by atoms with van der Waals surface area (Å²) >= 11 is 0. The molecular formula is C17H29IN4O2. The number of hydrogen-bond donors (Lipinski definition) is 2. The van der Waals surface area contributed by atoms with Gasteiger partial charge in [0.25, 0.3) is 0 Å². The lowest BCUT2D eigenvalue weighted by molar-refractivity contribution is -0.132. The molecule has 6 nitrogen and oxygen atoms in total. The van der Waals surface area contributed by atoms with Crippen molar-refractivity contribution in [1.82, 2.24) is 15.5 Å². The minimum Gasteiger partial charge on any atom is -0.469 e. The number of rotatable bonds is 6. The molecule has 0 spiro atoms. The zero-order valence-electron chi connectivity index (χ0n) is 14.6. The van der Waals surface area contributed by atoms with Crippen molar-refractivity contribution in [3.05, 3.63) is 24.2 Å². The molecule has 1 saturated heterocycles. The van der Waals surface area contributed by atoms with E-state index in [0.29, 0.717) is 18.9 Å². The van der Waals surface area contributed by atoms with Crippen LogP contribution in [0.25, 0.3) is 0 Å². The summed E-state index contributed by atoms with van der Waals surface area (Å²) in [6.07, 6.45) is 5.34. The second-order valence-electron chi connectivity index (χ2n) is 6.09. The molecule has 7 heteroatoms. The fraction of sp³-hybridized carbons (Fsp3) is 0.647. The van der Waals surface area contributed by atoms with E-state index in [-0.39, 0.29) is 29.9 Å². The molecule has 0 saturated carbocycles. The Morgan fingerprint density at radius 3 is 2.88 bits per heavy atom. The number of nitrogens with zero attached hydrogens (tertiary/aromatic N) is 2. The van der Waals surface area contributed by atoms with Crippen LogP contribution in [0.2, 0.25) is 0 Å². The van der Waals surface area contributed by atoms with Crippen LogP contribution in [-0.2, 0) is 11.2 Å². The molecule has 1 aliphatic rings. The quantitative estimate of drug-likeness (QED) is 0.398. The Morgan fingerprint density at radius 1 is 1.42 bits per heavy atom. The predicted molar refractivity (Wildman–Crippen MR) is 107 cm³/mol. The summed E-state index contributed by atoms with van der Waals surface area (Å²) in [5.41, 5.74) is 0. The number of furan rings is 1. The lowest BCUT2D eigenvalue weighted by Crippen LogP contribution is -2.42. The number of carbonyl (C=O) groups is 1. The number of amides is 1. The summed E-state index contributed by atoms with van der Waals surface area (Å²) in [6.45, 7) is 5.35. The van der Waals surface area contributed by atoms with Crippen LogP contribution in [0.1, 0.15) is 31.9 Å². The zero-order chi connectivity index (χ0) is 16.5. The highest BCUT2D eigenvalue weighted by Crippen LogP contribution is 2.15. The molecule has 24 heavy (non-hydrogen) atoms. The molecule has 1 atom stereocenters. The lowest BCUT2D eigenvalue weighted by atomic mass is 10.00. The fourth-order valence-corrected chi connectivity index (χ4v) is 2.84. The van der Waals surface area contributed by atoms with E-state index in [1.807, 2.05) is 17.0 Å². The Hall–Kier alpha value is -1.25. The molecule has 1 amide bonds. The normalized spacial score (nSPS) is 18.0. The van der Waals surface area contributed by atoms with E-state index in [1.54, 1.807) is 13.3 Å². The van der Waals surface area contributed by atoms with Gasteiger partial charge in [-0.05, 0) is 30.9 Å². The van der Waals surface area contributed by atoms with Crippen LogP contribution in [-0.4, -0.2) is 50.0 Å². The molecular weight excluding hydrogens is 419 g/mol. The van der Waals surface area contributed by atoms with Gasteiger partial charge in [-0.15, -0.1) is 24.0 Å². The van der Waals surface area contributed by atoms with Gasteiger partial charge in [-0.3, -0.25) is 9.79 Å². The van der Waals surface area contributed by atoms with Crippen molar-refractivity contribution < 1.29 is 9.21 Å². The van der Waals surface area contributed by atoms with E-state index in [1.165, 1.54) is 6.42 Å². The standard InChI is InChI=1S/C17H28N4O2.HI/c1-14-5-3-11-21(13-14)16(22)8-10-20-17(18-2)19-9-7-15-6-4-12-23-15;/h4,6,12,14H,3,5,7-11,13H2,1-2H3,(H2,18,19,20);1H. The monoisotopic (exact) mass is 448 g/mol. The number of likely N-dealkylation sites (tertiary alicyclic amines) is 1. The number of guanidine groups is 1. The summed E-state index contributed by atoms with van der Waals surface area (Å²) in [6, 6.07) is 3.84. The average Bonchev–Trinajstić information content (AvgIpc) is 3.06. The van der Waals surface area contributed by atoms with E-state index in [9.17, 15) is 4.79 Å². The van der Waals surface area contributed by atoms with Gasteiger partial charge < -0.3 is 20.0 Å². The van der Waals surface area contributed by atoms with Crippen molar-refractivity contribution in [2.75, 3.05) is 33.2 Å². The van der Waals surface area contributed by atoms with Crippen molar-refractivity contribution in [1.29, 1.82) is 0 Å². The number of aliphatic imine (C=N–C) groups is 1. The molecule has 0 bridgehead atoms. The van der Waals surface area contributed by atoms with Gasteiger partial charge in [0.05, 0.1) is 6.26 Å². The van der Waals surface area contributed by atoms with Crippen LogP contribution in [0.3, 0.4) is 0 Å². The van der Waals surface area contributed by atoms with E-state index >= 15 is 0 Å². The number of halogens is 1. The Kier molecular flexibility index (Phi) is 9.82. The first-order chi connectivity index (χ1) is 11.2. The Bertz CT molecular complexity index is 505. The smallest absolute Gasteiger partial charge is 0.224 e. The maximum absolute atomic E-state index is 12.2. The fourth-order valence-electron chi connectivity index (χ4n) is 2.84. The highest BCUT2D eigenvalue weighted by atomic mass is 127. The van der Waals surface area contributed by atoms with Crippen LogP contribution < -0.4 is 10.6 Å². The lowest BCUT2D eigenvalue weighted by Gasteiger charge is -2.31. The number of piperidine rings is 1. The molecule has 136 valence electrons. The SMILES string of the molecule is CN=C(NCCC(=O)N1CCCC(C)C1)NCCc1ccco1.I. The van der Waals surface area contributed by atoms with Gasteiger partial charge >= 0.3 is 0 Å². The minimum absolute atomic E-state index is 0. The van der Waals surface area contributed by atoms with E-state index in [0.717, 1.165) is 44.2 Å². The second-order valence-corrected chi connectivity index (χ2v) is 6.09. The summed E-state index contributed by atoms with van der Waals surface area (Å²) in [4.78, 5) is 18.4. The zero-order valence-corrected chi connectivity index (χ0v) is 16.9. The minimum atomic E-state index is 0. The molecule has 0 aromatic carbocycles. The molecule has 2 rings (SSSR count). The van der Waals surface area contributed by atoms with Crippen LogP contribution in [0.15, 0.2) is 27.8 Å². The van der Waals surface area contributed by atoms with Crippen molar-refractivity contribution in [3.63, 3.8) is 0 Å². The average molecular weight is 448 g/mol. The Morgan fingerprint density at radius 2 is 2.21 bits per heavy atom. The molecule has 2 N–H and O–H groups in total. The summed E-state index contributed by atoms with van der Waals surface area (Å²) in [5, 5.41) is 6.41. The number of hydrogen-bond acceptors (Lipinski definition) is 3. The molecule has 1 aromatic rings. The van der Waals surface area contributed by atoms with Gasteiger partial charge in [0.15, 0.2) is 5.96 Å². The van der Waals surface area contributed by atoms with E-state index in [2.05, 4.69) is 22.5 Å². The topological polar surface area (TPSA) is 69.9 Å². The third-order valence-corrected chi connectivity index (χ3v) is 4.11. The summed E-state index contributed by atoms with van der Waals surface area (Å²) < 4.78 is 5.29. The van der Waals surface area contributed by atoms with E-state index in [4.69, 9.17) is 4.42 Å². The maximum Gasteiger partial charge on any atom is 0.224 e. The molecule has 1 unspecified atom stereocenters. The van der Waals surface area contributed by atoms with Crippen molar-refractivity contribution in [2.24, 2.45) is 10.9 Å². The predicted octanol–water partition coefficient (Wildman–Crippen LogP) is 2.25. The van der Waals surface area contributed by atoms with Gasteiger partial charge in [-0.2, -0.15) is 0 Å². The molecule has 1 aliphatic heterocycles. The first-order valence-corrected chi connectivity index (χ1v) is 8.43. The van der Waals surface area contributed by atoms with Gasteiger partial charge in [-0.1, -0.05) is 6.92 Å². The van der Waals surface area contributed by atoms with Crippen LogP contribution in [0, 0.1) is 5.92 Å². The van der Waals surface area contributed by atoms with Gasteiger partial charge in [0.2, 0.25) is 5.91 Å².